The van der Waals surface area contributed by atoms with E-state index in [1.807, 2.05) is 18.2 Å². The van der Waals surface area contributed by atoms with Gasteiger partial charge in [0, 0.05) is 5.56 Å². The molecule has 0 fully saturated rings. The molecular formula is C12H12ClO2. The van der Waals surface area contributed by atoms with Crippen LogP contribution in [0.25, 0.3) is 0 Å². The number of ether oxygens (including phenoxy) is 2. The maximum absolute atomic E-state index is 5.72. The Balaban J connectivity index is 2.53. The van der Waals surface area contributed by atoms with E-state index in [0.29, 0.717) is 11.5 Å². The van der Waals surface area contributed by atoms with Crippen LogP contribution >= 0.6 is 11.6 Å². The van der Waals surface area contributed by atoms with Gasteiger partial charge in [-0.15, -0.1) is 0 Å². The first kappa shape index (κ1) is 10.4. The van der Waals surface area contributed by atoms with E-state index in [1.165, 1.54) is 0 Å². The van der Waals surface area contributed by atoms with Gasteiger partial charge in [-0.3, -0.25) is 0 Å². The molecular weight excluding hydrogens is 212 g/mol. The molecule has 1 aromatic rings. The fourth-order valence-electron chi connectivity index (χ4n) is 1.50. The Hall–Kier alpha value is -1.15. The SMILES string of the molecule is CC(C)(C)c1cccc2c1OC(Cl)=[C]O2. The summed E-state index contributed by atoms with van der Waals surface area (Å²) in [5, 5.41) is 0.138. The number of halogens is 1. The molecule has 2 nitrogen and oxygen atoms in total. The van der Waals surface area contributed by atoms with E-state index in [4.69, 9.17) is 21.1 Å². The molecule has 1 aromatic carbocycles. The number of hydrogen-bond acceptors (Lipinski definition) is 2. The second-order valence-electron chi connectivity index (χ2n) is 4.46. The van der Waals surface area contributed by atoms with Gasteiger partial charge in [-0.1, -0.05) is 32.9 Å². The first-order chi connectivity index (χ1) is 6.98. The van der Waals surface area contributed by atoms with Gasteiger partial charge in [-0.05, 0) is 23.1 Å². The average molecular weight is 224 g/mol. The van der Waals surface area contributed by atoms with Gasteiger partial charge in [0.25, 0.3) is 0 Å². The Morgan fingerprint density at radius 3 is 2.67 bits per heavy atom. The summed E-state index contributed by atoms with van der Waals surface area (Å²) in [5.74, 6) is 1.35. The summed E-state index contributed by atoms with van der Waals surface area (Å²) in [6.07, 6.45) is 2.48. The van der Waals surface area contributed by atoms with Gasteiger partial charge in [0.05, 0.1) is 0 Å². The molecule has 0 spiro atoms. The van der Waals surface area contributed by atoms with Crippen LogP contribution in [0.1, 0.15) is 26.3 Å². The van der Waals surface area contributed by atoms with Crippen molar-refractivity contribution in [2.75, 3.05) is 0 Å². The number of para-hydroxylation sites is 1. The number of benzene rings is 1. The second kappa shape index (κ2) is 3.46. The summed E-state index contributed by atoms with van der Waals surface area (Å²) >= 11 is 5.72. The molecule has 0 atom stereocenters. The Morgan fingerprint density at radius 1 is 1.27 bits per heavy atom. The lowest BCUT2D eigenvalue weighted by molar-refractivity contribution is 0.323. The summed E-state index contributed by atoms with van der Waals surface area (Å²) in [6, 6.07) is 5.78. The Bertz CT molecular complexity index is 416. The Labute approximate surface area is 94.5 Å². The van der Waals surface area contributed by atoms with Gasteiger partial charge in [-0.25, -0.2) is 0 Å². The first-order valence-electron chi connectivity index (χ1n) is 4.75. The minimum atomic E-state index is -0.0107. The van der Waals surface area contributed by atoms with Crippen molar-refractivity contribution in [3.8, 4) is 11.5 Å². The molecule has 3 heteroatoms. The topological polar surface area (TPSA) is 18.5 Å². The van der Waals surface area contributed by atoms with Crippen LogP contribution in [0.5, 0.6) is 11.5 Å². The van der Waals surface area contributed by atoms with Crippen LogP contribution in [0, 0.1) is 6.26 Å². The van der Waals surface area contributed by atoms with Crippen LogP contribution in [0.4, 0.5) is 0 Å². The molecule has 0 saturated carbocycles. The molecule has 79 valence electrons. The molecule has 0 aromatic heterocycles. The molecule has 0 aliphatic carbocycles. The number of fused-ring (bicyclic) bond motifs is 1. The van der Waals surface area contributed by atoms with E-state index in [-0.39, 0.29) is 10.6 Å². The molecule has 0 N–H and O–H groups in total. The van der Waals surface area contributed by atoms with Gasteiger partial charge < -0.3 is 9.47 Å². The molecule has 1 aliphatic rings. The largest absolute Gasteiger partial charge is 0.444 e. The van der Waals surface area contributed by atoms with Crippen LogP contribution < -0.4 is 9.47 Å². The fourth-order valence-corrected chi connectivity index (χ4v) is 1.61. The fraction of sp³-hybridized carbons (Fsp3) is 0.333. The third-order valence-corrected chi connectivity index (χ3v) is 2.37. The standard InChI is InChI=1S/C12H12ClO2/c1-12(2,3)8-5-4-6-9-11(8)15-10(13)7-14-9/h4-6H,1-3H3. The van der Waals surface area contributed by atoms with E-state index in [1.54, 1.807) is 0 Å². The molecule has 15 heavy (non-hydrogen) atoms. The maximum Gasteiger partial charge on any atom is 0.240 e. The van der Waals surface area contributed by atoms with Crippen molar-refractivity contribution < 1.29 is 9.47 Å². The van der Waals surface area contributed by atoms with E-state index in [9.17, 15) is 0 Å². The smallest absolute Gasteiger partial charge is 0.240 e. The lowest BCUT2D eigenvalue weighted by atomic mass is 9.86. The molecule has 0 bridgehead atoms. The highest BCUT2D eigenvalue weighted by Gasteiger charge is 2.24. The molecule has 0 amide bonds. The molecule has 1 heterocycles. The van der Waals surface area contributed by atoms with E-state index < -0.39 is 0 Å². The molecule has 1 radical (unpaired) electrons. The third kappa shape index (κ3) is 1.95. The Kier molecular flexibility index (Phi) is 2.39. The molecule has 2 rings (SSSR count). The van der Waals surface area contributed by atoms with Crippen LogP contribution in [-0.2, 0) is 5.41 Å². The quantitative estimate of drug-likeness (QED) is 0.669. The van der Waals surface area contributed by atoms with E-state index in [0.717, 1.165) is 5.56 Å². The van der Waals surface area contributed by atoms with E-state index >= 15 is 0 Å². The van der Waals surface area contributed by atoms with Crippen LogP contribution in [0.3, 0.4) is 0 Å². The first-order valence-corrected chi connectivity index (χ1v) is 5.13. The van der Waals surface area contributed by atoms with Crippen molar-refractivity contribution in [1.82, 2.24) is 0 Å². The summed E-state index contributed by atoms with van der Waals surface area (Å²) in [4.78, 5) is 0. The van der Waals surface area contributed by atoms with Crippen molar-refractivity contribution in [3.63, 3.8) is 0 Å². The van der Waals surface area contributed by atoms with Gasteiger partial charge >= 0.3 is 0 Å². The van der Waals surface area contributed by atoms with Crippen molar-refractivity contribution >= 4 is 11.6 Å². The van der Waals surface area contributed by atoms with Gasteiger partial charge in [0.15, 0.2) is 11.5 Å². The molecule has 0 unspecified atom stereocenters. The third-order valence-electron chi connectivity index (χ3n) is 2.22. The summed E-state index contributed by atoms with van der Waals surface area (Å²) < 4.78 is 10.7. The zero-order chi connectivity index (χ0) is 11.1. The maximum atomic E-state index is 5.72. The van der Waals surface area contributed by atoms with Crippen LogP contribution in [0.2, 0.25) is 0 Å². The lowest BCUT2D eigenvalue weighted by Gasteiger charge is -2.25. The highest BCUT2D eigenvalue weighted by molar-refractivity contribution is 6.28. The Morgan fingerprint density at radius 2 is 2.00 bits per heavy atom. The van der Waals surface area contributed by atoms with Gasteiger partial charge in [0.1, 0.15) is 0 Å². The predicted molar refractivity (Wildman–Crippen MR) is 59.0 cm³/mol. The van der Waals surface area contributed by atoms with Gasteiger partial charge in [0.2, 0.25) is 11.5 Å². The van der Waals surface area contributed by atoms with Crippen LogP contribution in [0.15, 0.2) is 23.4 Å². The summed E-state index contributed by atoms with van der Waals surface area (Å²) in [7, 11) is 0. The highest BCUT2D eigenvalue weighted by Crippen LogP contribution is 2.41. The minimum absolute atomic E-state index is 0.0107. The predicted octanol–water partition coefficient (Wildman–Crippen LogP) is 3.60. The van der Waals surface area contributed by atoms with Gasteiger partial charge in [-0.2, -0.15) is 0 Å². The molecule has 0 saturated heterocycles. The van der Waals surface area contributed by atoms with Crippen molar-refractivity contribution in [1.29, 1.82) is 0 Å². The normalized spacial score (nSPS) is 14.8. The number of hydrogen-bond donors (Lipinski definition) is 0. The average Bonchev–Trinajstić information content (AvgIpc) is 2.15. The van der Waals surface area contributed by atoms with Crippen LogP contribution in [-0.4, -0.2) is 0 Å². The summed E-state index contributed by atoms with van der Waals surface area (Å²) in [6.45, 7) is 6.34. The zero-order valence-corrected chi connectivity index (χ0v) is 9.68. The second-order valence-corrected chi connectivity index (χ2v) is 4.81. The van der Waals surface area contributed by atoms with Crippen molar-refractivity contribution in [2.24, 2.45) is 0 Å². The van der Waals surface area contributed by atoms with Crippen molar-refractivity contribution in [2.45, 2.75) is 26.2 Å². The lowest BCUT2D eigenvalue weighted by Crippen LogP contribution is -2.15. The number of rotatable bonds is 0. The highest BCUT2D eigenvalue weighted by atomic mass is 35.5. The van der Waals surface area contributed by atoms with Crippen molar-refractivity contribution in [3.05, 3.63) is 35.2 Å². The molecule has 1 aliphatic heterocycles. The van der Waals surface area contributed by atoms with E-state index in [2.05, 4.69) is 27.0 Å². The minimum Gasteiger partial charge on any atom is -0.444 e. The monoisotopic (exact) mass is 223 g/mol. The summed E-state index contributed by atoms with van der Waals surface area (Å²) in [5.41, 5.74) is 1.06. The zero-order valence-electron chi connectivity index (χ0n) is 8.93.